The fraction of sp³-hybridized carbons (Fsp3) is 0.636. The van der Waals surface area contributed by atoms with Crippen molar-refractivity contribution < 1.29 is 4.55 Å². The van der Waals surface area contributed by atoms with E-state index >= 15 is 0 Å². The molecule has 0 bridgehead atoms. The van der Waals surface area contributed by atoms with Gasteiger partial charge in [0.1, 0.15) is 6.26 Å². The van der Waals surface area contributed by atoms with Gasteiger partial charge in [-0.05, 0) is 25.1 Å². The second-order valence-corrected chi connectivity index (χ2v) is 5.54. The molecule has 1 aromatic heterocycles. The quantitative estimate of drug-likeness (QED) is 0.507. The van der Waals surface area contributed by atoms with Crippen molar-refractivity contribution in [1.29, 1.82) is 0 Å². The Balaban J connectivity index is 3.45. The lowest BCUT2D eigenvalue weighted by molar-refractivity contribution is 0.531. The van der Waals surface area contributed by atoms with E-state index in [9.17, 15) is 9.35 Å². The molecule has 0 saturated carbocycles. The minimum absolute atomic E-state index is 0.213. The van der Waals surface area contributed by atoms with Crippen LogP contribution in [0.15, 0.2) is 9.82 Å². The summed E-state index contributed by atoms with van der Waals surface area (Å²) in [7, 11) is 0. The number of hydrogen-bond acceptors (Lipinski definition) is 3. The normalized spacial score (nSPS) is 12.7. The molecule has 0 aliphatic carbocycles. The average Bonchev–Trinajstić information content (AvgIpc) is 2.26. The predicted molar refractivity (Wildman–Crippen MR) is 72.5 cm³/mol. The highest BCUT2D eigenvalue weighted by atomic mass is 32.2. The van der Waals surface area contributed by atoms with Crippen molar-refractivity contribution in [3.8, 4) is 0 Å². The standard InChI is InChI=1S/C11H18N2O2S2/c1-4-6-7-13-10(17(3)15)8(5-2)9(14)12-11(13)16/h4-7H2,1-3H3,(H,12,14,16). The molecule has 0 spiro atoms. The van der Waals surface area contributed by atoms with Gasteiger partial charge in [0, 0.05) is 17.7 Å². The highest BCUT2D eigenvalue weighted by Crippen LogP contribution is 2.14. The minimum atomic E-state index is -1.20. The molecule has 0 saturated heterocycles. The van der Waals surface area contributed by atoms with E-state index in [1.165, 1.54) is 0 Å². The molecule has 96 valence electrons. The van der Waals surface area contributed by atoms with Gasteiger partial charge in [0.2, 0.25) is 5.03 Å². The van der Waals surface area contributed by atoms with Gasteiger partial charge in [0.15, 0.2) is 4.77 Å². The summed E-state index contributed by atoms with van der Waals surface area (Å²) in [5, 5.41) is 0.578. The van der Waals surface area contributed by atoms with Gasteiger partial charge in [0.25, 0.3) is 5.56 Å². The monoisotopic (exact) mass is 274 g/mol. The van der Waals surface area contributed by atoms with Crippen LogP contribution in [-0.2, 0) is 24.1 Å². The molecular formula is C11H18N2O2S2. The molecule has 1 N–H and O–H groups in total. The lowest BCUT2D eigenvalue weighted by atomic mass is 10.2. The number of nitrogens with one attached hydrogen (secondary N) is 1. The SMILES string of the molecule is CCCCn1c([S+](C)[O-])c(CC)c(=O)[nH]c1=S. The summed E-state index contributed by atoms with van der Waals surface area (Å²) in [6.07, 6.45) is 4.13. The van der Waals surface area contributed by atoms with E-state index in [4.69, 9.17) is 12.2 Å². The second-order valence-electron chi connectivity index (χ2n) is 3.86. The predicted octanol–water partition coefficient (Wildman–Crippen LogP) is 2.01. The van der Waals surface area contributed by atoms with Crippen LogP contribution in [0.25, 0.3) is 0 Å². The van der Waals surface area contributed by atoms with Gasteiger partial charge in [0.05, 0.1) is 5.56 Å². The van der Waals surface area contributed by atoms with Crippen LogP contribution in [0.5, 0.6) is 0 Å². The highest BCUT2D eigenvalue weighted by Gasteiger charge is 2.19. The van der Waals surface area contributed by atoms with E-state index in [1.54, 1.807) is 10.8 Å². The molecule has 17 heavy (non-hydrogen) atoms. The smallest absolute Gasteiger partial charge is 0.260 e. The minimum Gasteiger partial charge on any atom is -0.610 e. The Morgan fingerprint density at radius 1 is 1.47 bits per heavy atom. The topological polar surface area (TPSA) is 60.9 Å². The highest BCUT2D eigenvalue weighted by molar-refractivity contribution is 7.90. The van der Waals surface area contributed by atoms with Crippen molar-refractivity contribution >= 4 is 23.4 Å². The van der Waals surface area contributed by atoms with E-state index in [1.807, 2.05) is 6.92 Å². The second kappa shape index (κ2) is 6.37. The molecule has 0 aromatic carbocycles. The van der Waals surface area contributed by atoms with Crippen LogP contribution >= 0.6 is 12.2 Å². The summed E-state index contributed by atoms with van der Waals surface area (Å²) >= 11 is 3.94. The van der Waals surface area contributed by atoms with Crippen LogP contribution in [0.3, 0.4) is 0 Å². The summed E-state index contributed by atoms with van der Waals surface area (Å²) in [5.74, 6) is 0. The number of aromatic amines is 1. The molecule has 6 heteroatoms. The molecule has 0 amide bonds. The van der Waals surface area contributed by atoms with E-state index in [2.05, 4.69) is 11.9 Å². The molecule has 4 nitrogen and oxygen atoms in total. The van der Waals surface area contributed by atoms with Gasteiger partial charge in [-0.1, -0.05) is 20.3 Å². The number of unbranched alkanes of at least 4 members (excludes halogenated alkanes) is 1. The Kier molecular flexibility index (Phi) is 5.42. The zero-order valence-corrected chi connectivity index (χ0v) is 12.0. The number of rotatable bonds is 5. The number of nitrogens with zero attached hydrogens (tertiary/aromatic N) is 1. The summed E-state index contributed by atoms with van der Waals surface area (Å²) < 4.78 is 14.0. The van der Waals surface area contributed by atoms with Crippen LogP contribution in [0.4, 0.5) is 0 Å². The molecule has 0 aliphatic rings. The fourth-order valence-corrected chi connectivity index (χ4v) is 3.16. The summed E-state index contributed by atoms with van der Waals surface area (Å²) in [6.45, 7) is 4.67. The first-order valence-corrected chi connectivity index (χ1v) is 7.68. The largest absolute Gasteiger partial charge is 0.610 e. The van der Waals surface area contributed by atoms with Crippen molar-refractivity contribution in [2.24, 2.45) is 0 Å². The van der Waals surface area contributed by atoms with Gasteiger partial charge < -0.3 is 4.55 Å². The first-order chi connectivity index (χ1) is 8.02. The first kappa shape index (κ1) is 14.5. The fourth-order valence-electron chi connectivity index (χ4n) is 1.75. The third-order valence-electron chi connectivity index (χ3n) is 2.60. The first-order valence-electron chi connectivity index (χ1n) is 5.72. The zero-order valence-electron chi connectivity index (χ0n) is 10.4. The lowest BCUT2D eigenvalue weighted by Crippen LogP contribution is -2.25. The van der Waals surface area contributed by atoms with Crippen LogP contribution < -0.4 is 5.56 Å². The summed E-state index contributed by atoms with van der Waals surface area (Å²) in [6, 6.07) is 0. The molecule has 1 unspecified atom stereocenters. The van der Waals surface area contributed by atoms with Crippen molar-refractivity contribution in [2.45, 2.75) is 44.7 Å². The van der Waals surface area contributed by atoms with Gasteiger partial charge >= 0.3 is 0 Å². The Labute approximate surface area is 109 Å². The molecule has 0 radical (unpaired) electrons. The summed E-state index contributed by atoms with van der Waals surface area (Å²) in [5.41, 5.74) is 0.367. The third-order valence-corrected chi connectivity index (χ3v) is 3.94. The maximum absolute atomic E-state index is 11.8. The van der Waals surface area contributed by atoms with Crippen molar-refractivity contribution in [2.75, 3.05) is 6.26 Å². The molecule has 0 aliphatic heterocycles. The number of hydrogen-bond donors (Lipinski definition) is 1. The van der Waals surface area contributed by atoms with Gasteiger partial charge in [-0.15, -0.1) is 0 Å². The van der Waals surface area contributed by atoms with Crippen LogP contribution in [-0.4, -0.2) is 20.4 Å². The van der Waals surface area contributed by atoms with E-state index in [0.29, 0.717) is 28.3 Å². The van der Waals surface area contributed by atoms with Gasteiger partial charge in [-0.25, -0.2) is 0 Å². The Hall–Kier alpha value is -0.590. The van der Waals surface area contributed by atoms with Gasteiger partial charge in [-0.2, -0.15) is 0 Å². The molecule has 0 fully saturated rings. The lowest BCUT2D eigenvalue weighted by Gasteiger charge is -2.15. The van der Waals surface area contributed by atoms with Crippen LogP contribution in [0.2, 0.25) is 0 Å². The molecule has 1 aromatic rings. The zero-order chi connectivity index (χ0) is 13.0. The van der Waals surface area contributed by atoms with Crippen LogP contribution in [0, 0.1) is 4.77 Å². The van der Waals surface area contributed by atoms with E-state index < -0.39 is 11.2 Å². The molecular weight excluding hydrogens is 256 g/mol. The van der Waals surface area contributed by atoms with Crippen molar-refractivity contribution in [3.05, 3.63) is 20.7 Å². The molecule has 1 heterocycles. The Morgan fingerprint density at radius 3 is 2.59 bits per heavy atom. The maximum atomic E-state index is 11.8. The number of aromatic nitrogens is 2. The molecule has 1 atom stereocenters. The summed E-state index contributed by atoms with van der Waals surface area (Å²) in [4.78, 5) is 14.4. The van der Waals surface area contributed by atoms with E-state index in [0.717, 1.165) is 12.8 Å². The van der Waals surface area contributed by atoms with Crippen molar-refractivity contribution in [3.63, 3.8) is 0 Å². The maximum Gasteiger partial charge on any atom is 0.260 e. The number of H-pyrrole nitrogens is 1. The van der Waals surface area contributed by atoms with E-state index in [-0.39, 0.29) is 5.56 Å². The average molecular weight is 274 g/mol. The third kappa shape index (κ3) is 3.20. The van der Waals surface area contributed by atoms with Gasteiger partial charge in [-0.3, -0.25) is 14.3 Å². The van der Waals surface area contributed by atoms with Crippen molar-refractivity contribution in [1.82, 2.24) is 9.55 Å². The Morgan fingerprint density at radius 2 is 2.12 bits per heavy atom. The van der Waals surface area contributed by atoms with Crippen LogP contribution in [0.1, 0.15) is 32.3 Å². The Bertz CT molecular complexity index is 491. The molecule has 1 rings (SSSR count).